The second-order valence-corrected chi connectivity index (χ2v) is 6.56. The zero-order chi connectivity index (χ0) is 15.6. The van der Waals surface area contributed by atoms with Crippen molar-refractivity contribution in [3.8, 4) is 0 Å². The van der Waals surface area contributed by atoms with E-state index >= 15 is 0 Å². The number of thiazole rings is 1. The Morgan fingerprint density at radius 1 is 1.04 bits per heavy atom. The first-order valence-corrected chi connectivity index (χ1v) is 8.71. The second kappa shape index (κ2) is 7.39. The van der Waals surface area contributed by atoms with Crippen LogP contribution < -0.4 is 18.9 Å². The zero-order valence-corrected chi connectivity index (χ0v) is 14.8. The topological polar surface area (TPSA) is 43.6 Å². The Labute approximate surface area is 157 Å². The quantitative estimate of drug-likeness (QED) is 0.413. The molecular formula is C18H17LiN4S. The molecule has 116 valence electrons. The van der Waals surface area contributed by atoms with E-state index in [-0.39, 0.29) is 18.9 Å². The summed E-state index contributed by atoms with van der Waals surface area (Å²) in [4.78, 5) is 4.82. The molecule has 24 heavy (non-hydrogen) atoms. The third kappa shape index (κ3) is 3.08. The van der Waals surface area contributed by atoms with E-state index in [2.05, 4.69) is 41.5 Å². The van der Waals surface area contributed by atoms with Crippen LogP contribution in [-0.4, -0.2) is 20.0 Å². The number of rotatable bonds is 5. The van der Waals surface area contributed by atoms with Crippen molar-refractivity contribution in [2.24, 2.45) is 0 Å². The van der Waals surface area contributed by atoms with Gasteiger partial charge in [0.2, 0.25) is 0 Å². The number of aromatic nitrogens is 4. The van der Waals surface area contributed by atoms with E-state index in [4.69, 9.17) is 4.98 Å². The maximum atomic E-state index is 4.82. The number of fused-ring (bicyclic) bond motifs is 2. The van der Waals surface area contributed by atoms with E-state index < -0.39 is 0 Å². The van der Waals surface area contributed by atoms with Gasteiger partial charge in [-0.15, -0.1) is 17.4 Å². The van der Waals surface area contributed by atoms with Gasteiger partial charge in [0, 0.05) is 5.52 Å². The Hall–Kier alpha value is -1.80. The Bertz CT molecular complexity index is 913. The van der Waals surface area contributed by atoms with Crippen molar-refractivity contribution in [1.29, 1.82) is 0 Å². The SMILES string of the molecule is CCCC[C-](c1nc2ccccc2s1)n1nnc2ccccc21.[Li+]. The summed E-state index contributed by atoms with van der Waals surface area (Å²) in [6, 6.07) is 17.5. The minimum atomic E-state index is 0. The molecule has 6 heteroatoms. The molecule has 0 aliphatic rings. The third-order valence-electron chi connectivity index (χ3n) is 3.92. The van der Waals surface area contributed by atoms with Crippen LogP contribution >= 0.6 is 11.3 Å². The molecule has 4 rings (SSSR count). The molecule has 0 bridgehead atoms. The van der Waals surface area contributed by atoms with Crippen molar-refractivity contribution < 1.29 is 18.9 Å². The van der Waals surface area contributed by atoms with E-state index in [0.717, 1.165) is 46.9 Å². The monoisotopic (exact) mass is 328 g/mol. The number of hydrogen-bond acceptors (Lipinski definition) is 4. The van der Waals surface area contributed by atoms with Crippen molar-refractivity contribution in [3.05, 3.63) is 59.6 Å². The summed E-state index contributed by atoms with van der Waals surface area (Å²) in [6.45, 7) is 2.20. The molecule has 0 atom stereocenters. The van der Waals surface area contributed by atoms with Crippen LogP contribution in [-0.2, 0) is 0 Å². The summed E-state index contributed by atoms with van der Waals surface area (Å²) in [6.07, 6.45) is 3.20. The first kappa shape index (κ1) is 17.0. The molecule has 0 spiro atoms. The van der Waals surface area contributed by atoms with Crippen LogP contribution in [0.25, 0.3) is 21.3 Å². The van der Waals surface area contributed by atoms with Crippen LogP contribution in [0.1, 0.15) is 31.2 Å². The first-order valence-electron chi connectivity index (χ1n) is 7.89. The van der Waals surface area contributed by atoms with Crippen molar-refractivity contribution >= 4 is 32.6 Å². The normalized spacial score (nSPS) is 10.9. The van der Waals surface area contributed by atoms with Gasteiger partial charge in [-0.3, -0.25) is 4.98 Å². The molecule has 0 saturated heterocycles. The minimum Gasteiger partial charge on any atom is -0.368 e. The summed E-state index contributed by atoms with van der Waals surface area (Å²) in [5.41, 5.74) is 3.01. The molecule has 0 N–H and O–H groups in total. The summed E-state index contributed by atoms with van der Waals surface area (Å²) < 4.78 is 3.17. The molecule has 2 heterocycles. The van der Waals surface area contributed by atoms with Gasteiger partial charge in [0.15, 0.2) is 0 Å². The van der Waals surface area contributed by atoms with Crippen LogP contribution in [0.2, 0.25) is 0 Å². The molecule has 0 radical (unpaired) electrons. The number of unbranched alkanes of at least 4 members (excludes halogenated alkanes) is 1. The van der Waals surface area contributed by atoms with Gasteiger partial charge in [-0.1, -0.05) is 73.3 Å². The molecule has 2 aromatic heterocycles. The Morgan fingerprint density at radius 3 is 2.58 bits per heavy atom. The molecule has 4 aromatic rings. The smallest absolute Gasteiger partial charge is 0.368 e. The van der Waals surface area contributed by atoms with Gasteiger partial charge in [-0.05, 0) is 12.1 Å². The number of benzene rings is 2. The van der Waals surface area contributed by atoms with Crippen LogP contribution in [0.15, 0.2) is 48.5 Å². The van der Waals surface area contributed by atoms with Crippen LogP contribution in [0.5, 0.6) is 0 Å². The fraction of sp³-hybridized carbons (Fsp3) is 0.222. The predicted molar refractivity (Wildman–Crippen MR) is 94.4 cm³/mol. The Morgan fingerprint density at radius 2 is 1.79 bits per heavy atom. The molecule has 0 amide bonds. The van der Waals surface area contributed by atoms with Gasteiger partial charge in [0.05, 0.1) is 15.2 Å². The minimum absolute atomic E-state index is 0. The molecule has 0 aliphatic heterocycles. The fourth-order valence-corrected chi connectivity index (χ4v) is 3.74. The Balaban J connectivity index is 0.00000169. The number of nitrogens with zero attached hydrogens (tertiary/aromatic N) is 4. The summed E-state index contributed by atoms with van der Waals surface area (Å²) >= 11 is 1.73. The van der Waals surface area contributed by atoms with Crippen molar-refractivity contribution in [2.45, 2.75) is 26.2 Å². The molecule has 0 unspecified atom stereocenters. The standard InChI is InChI=1S/C18H17N4S.Li/c1-2-3-10-16(18-19-14-9-5-7-12-17(14)23-18)22-15-11-6-4-8-13(15)20-21-22;/h4-9,11-12H,2-3,10H2,1H3;/q-1;+1. The molecular weight excluding hydrogens is 311 g/mol. The van der Waals surface area contributed by atoms with Crippen LogP contribution in [0.4, 0.5) is 0 Å². The average Bonchev–Trinajstić information content (AvgIpc) is 3.20. The third-order valence-corrected chi connectivity index (χ3v) is 5.00. The van der Waals surface area contributed by atoms with Gasteiger partial charge in [0.1, 0.15) is 0 Å². The van der Waals surface area contributed by atoms with Gasteiger partial charge in [-0.25, -0.2) is 0 Å². The van der Waals surface area contributed by atoms with Crippen molar-refractivity contribution in [2.75, 3.05) is 0 Å². The molecule has 0 saturated carbocycles. The number of hydrogen-bond donors (Lipinski definition) is 0. The van der Waals surface area contributed by atoms with Crippen molar-refractivity contribution in [3.63, 3.8) is 0 Å². The summed E-state index contributed by atoms with van der Waals surface area (Å²) in [5, 5.41) is 9.72. The summed E-state index contributed by atoms with van der Waals surface area (Å²) in [7, 11) is 0. The number of para-hydroxylation sites is 2. The largest absolute Gasteiger partial charge is 1.00 e. The van der Waals surface area contributed by atoms with Gasteiger partial charge >= 0.3 is 18.9 Å². The maximum absolute atomic E-state index is 4.82. The van der Waals surface area contributed by atoms with E-state index in [1.165, 1.54) is 4.70 Å². The predicted octanol–water partition coefficient (Wildman–Crippen LogP) is 1.66. The van der Waals surface area contributed by atoms with Crippen molar-refractivity contribution in [1.82, 2.24) is 20.0 Å². The van der Waals surface area contributed by atoms with Crippen LogP contribution in [0.3, 0.4) is 0 Å². The summed E-state index contributed by atoms with van der Waals surface area (Å²) in [5.74, 6) is 0. The average molecular weight is 328 g/mol. The van der Waals surface area contributed by atoms with Gasteiger partial charge in [-0.2, -0.15) is 5.10 Å². The molecule has 4 nitrogen and oxygen atoms in total. The molecule has 0 fully saturated rings. The van der Waals surface area contributed by atoms with E-state index in [0.29, 0.717) is 0 Å². The fourth-order valence-electron chi connectivity index (χ4n) is 2.71. The van der Waals surface area contributed by atoms with E-state index in [1.807, 2.05) is 28.9 Å². The maximum Gasteiger partial charge on any atom is 1.00 e. The van der Waals surface area contributed by atoms with Gasteiger partial charge < -0.3 is 4.68 Å². The Kier molecular flexibility index (Phi) is 5.25. The van der Waals surface area contributed by atoms with E-state index in [1.54, 1.807) is 11.3 Å². The van der Waals surface area contributed by atoms with Gasteiger partial charge in [0.25, 0.3) is 0 Å². The molecule has 2 aromatic carbocycles. The van der Waals surface area contributed by atoms with E-state index in [9.17, 15) is 0 Å². The molecule has 0 aliphatic carbocycles. The van der Waals surface area contributed by atoms with Crippen LogP contribution in [0, 0.1) is 6.04 Å². The first-order chi connectivity index (χ1) is 11.4. The zero-order valence-electron chi connectivity index (χ0n) is 13.9. The second-order valence-electron chi connectivity index (χ2n) is 5.53.